The van der Waals surface area contributed by atoms with Crippen molar-refractivity contribution in [2.24, 2.45) is 0 Å². The quantitative estimate of drug-likeness (QED) is 0.748. The first-order valence-corrected chi connectivity index (χ1v) is 7.91. The van der Waals surface area contributed by atoms with E-state index in [1.807, 2.05) is 31.9 Å². The van der Waals surface area contributed by atoms with Gasteiger partial charge in [-0.2, -0.15) is 5.06 Å². The number of benzene rings is 1. The van der Waals surface area contributed by atoms with Gasteiger partial charge in [0.25, 0.3) is 0 Å². The molecule has 120 valence electrons. The van der Waals surface area contributed by atoms with Crippen LogP contribution >= 0.6 is 11.6 Å². The third-order valence-electron chi connectivity index (χ3n) is 3.22. The van der Waals surface area contributed by atoms with Crippen molar-refractivity contribution >= 4 is 11.6 Å². The lowest BCUT2D eigenvalue weighted by Crippen LogP contribution is -2.33. The van der Waals surface area contributed by atoms with Crippen molar-refractivity contribution in [2.75, 3.05) is 19.7 Å². The standard InChI is InChI=1S/C10H11ClO2.C6H15NO/c1-3-10(2)12-8-5-4-7(11)6-9(8)13-10;1-4-7(5-2)8-6-3/h4-6H,3H2,1-2H3;4-6H2,1-3H3. The molecule has 0 saturated heterocycles. The summed E-state index contributed by atoms with van der Waals surface area (Å²) in [5.41, 5.74) is 0. The Bertz CT molecular complexity index is 438. The van der Waals surface area contributed by atoms with Crippen LogP contribution in [0.1, 0.15) is 41.0 Å². The molecule has 1 heterocycles. The molecule has 0 N–H and O–H groups in total. The molecule has 1 aromatic carbocycles. The molecular weight excluding hydrogens is 290 g/mol. The molecule has 1 unspecified atom stereocenters. The van der Waals surface area contributed by atoms with Crippen molar-refractivity contribution in [3.8, 4) is 11.5 Å². The third-order valence-corrected chi connectivity index (χ3v) is 3.45. The number of nitrogens with zero attached hydrogens (tertiary/aromatic N) is 1. The topological polar surface area (TPSA) is 30.9 Å². The smallest absolute Gasteiger partial charge is 0.248 e. The summed E-state index contributed by atoms with van der Waals surface area (Å²) in [6.07, 6.45) is 0.805. The average molecular weight is 316 g/mol. The highest BCUT2D eigenvalue weighted by molar-refractivity contribution is 6.30. The normalized spacial score (nSPS) is 19.4. The maximum Gasteiger partial charge on any atom is 0.248 e. The molecule has 0 fully saturated rings. The molecule has 0 radical (unpaired) electrons. The molecule has 2 rings (SSSR count). The van der Waals surface area contributed by atoms with Gasteiger partial charge in [0.15, 0.2) is 11.5 Å². The van der Waals surface area contributed by atoms with Crippen molar-refractivity contribution in [3.63, 3.8) is 0 Å². The van der Waals surface area contributed by atoms with E-state index in [1.54, 1.807) is 12.1 Å². The van der Waals surface area contributed by atoms with Crippen LogP contribution in [0.25, 0.3) is 0 Å². The number of ether oxygens (including phenoxy) is 2. The molecule has 0 aromatic heterocycles. The molecule has 1 aliphatic heterocycles. The van der Waals surface area contributed by atoms with Gasteiger partial charge >= 0.3 is 0 Å². The van der Waals surface area contributed by atoms with Crippen molar-refractivity contribution in [3.05, 3.63) is 23.2 Å². The lowest BCUT2D eigenvalue weighted by molar-refractivity contribution is -0.147. The van der Waals surface area contributed by atoms with Crippen LogP contribution in [-0.2, 0) is 4.84 Å². The summed E-state index contributed by atoms with van der Waals surface area (Å²) >= 11 is 5.82. The number of fused-ring (bicyclic) bond motifs is 1. The van der Waals surface area contributed by atoms with Gasteiger partial charge in [0.2, 0.25) is 5.79 Å². The van der Waals surface area contributed by atoms with Crippen LogP contribution < -0.4 is 9.47 Å². The average Bonchev–Trinajstić information content (AvgIpc) is 2.81. The molecule has 0 saturated carbocycles. The number of rotatable bonds is 5. The van der Waals surface area contributed by atoms with E-state index in [1.165, 1.54) is 0 Å². The molecule has 21 heavy (non-hydrogen) atoms. The second-order valence-corrected chi connectivity index (χ2v) is 5.25. The van der Waals surface area contributed by atoms with Crippen LogP contribution in [0.2, 0.25) is 5.02 Å². The zero-order valence-corrected chi connectivity index (χ0v) is 14.4. The molecule has 0 aliphatic carbocycles. The Kier molecular flexibility index (Phi) is 7.29. The number of hydrogen-bond acceptors (Lipinski definition) is 4. The van der Waals surface area contributed by atoms with E-state index in [9.17, 15) is 0 Å². The number of halogens is 1. The molecule has 1 aliphatic rings. The molecule has 1 atom stereocenters. The number of hydroxylamine groups is 2. The van der Waals surface area contributed by atoms with Gasteiger partial charge in [-0.1, -0.05) is 32.4 Å². The van der Waals surface area contributed by atoms with Gasteiger partial charge in [-0.25, -0.2) is 0 Å². The Labute approximate surface area is 132 Å². The Morgan fingerprint density at radius 2 is 1.71 bits per heavy atom. The van der Waals surface area contributed by atoms with Gasteiger partial charge in [0.1, 0.15) is 0 Å². The predicted octanol–water partition coefficient (Wildman–Crippen LogP) is 4.52. The van der Waals surface area contributed by atoms with Crippen molar-refractivity contribution in [1.82, 2.24) is 5.06 Å². The van der Waals surface area contributed by atoms with E-state index in [0.717, 1.165) is 37.6 Å². The largest absolute Gasteiger partial charge is 0.449 e. The van der Waals surface area contributed by atoms with Crippen LogP contribution in [0.15, 0.2) is 18.2 Å². The van der Waals surface area contributed by atoms with Crippen LogP contribution in [0.5, 0.6) is 11.5 Å². The van der Waals surface area contributed by atoms with Crippen LogP contribution in [0, 0.1) is 0 Å². The molecule has 4 nitrogen and oxygen atoms in total. The number of hydrogen-bond donors (Lipinski definition) is 0. The fraction of sp³-hybridized carbons (Fsp3) is 0.625. The Balaban J connectivity index is 0.000000240. The van der Waals surface area contributed by atoms with E-state index < -0.39 is 5.79 Å². The highest BCUT2D eigenvalue weighted by Gasteiger charge is 2.34. The van der Waals surface area contributed by atoms with Gasteiger partial charge in [-0.05, 0) is 19.1 Å². The lowest BCUT2D eigenvalue weighted by atomic mass is 10.2. The van der Waals surface area contributed by atoms with E-state index >= 15 is 0 Å². The summed E-state index contributed by atoms with van der Waals surface area (Å²) in [5, 5.41) is 2.60. The minimum Gasteiger partial charge on any atom is -0.449 e. The SMILES string of the molecule is CCC1(C)Oc2ccc(Cl)cc2O1.CCON(CC)CC. The summed E-state index contributed by atoms with van der Waals surface area (Å²) in [7, 11) is 0. The van der Waals surface area contributed by atoms with E-state index in [-0.39, 0.29) is 0 Å². The first kappa shape index (κ1) is 18.1. The van der Waals surface area contributed by atoms with Crippen LogP contribution in [0.3, 0.4) is 0 Å². The first-order valence-electron chi connectivity index (χ1n) is 7.53. The monoisotopic (exact) mass is 315 g/mol. The lowest BCUT2D eigenvalue weighted by Gasteiger charge is -2.20. The third kappa shape index (κ3) is 5.38. The van der Waals surface area contributed by atoms with Crippen LogP contribution in [-0.4, -0.2) is 30.5 Å². The zero-order valence-electron chi connectivity index (χ0n) is 13.6. The van der Waals surface area contributed by atoms with Gasteiger partial charge in [0, 0.05) is 37.5 Å². The van der Waals surface area contributed by atoms with E-state index in [4.69, 9.17) is 25.9 Å². The van der Waals surface area contributed by atoms with E-state index in [0.29, 0.717) is 5.02 Å². The molecular formula is C16H26ClNO3. The second-order valence-electron chi connectivity index (χ2n) is 4.81. The summed E-state index contributed by atoms with van der Waals surface area (Å²) in [4.78, 5) is 5.17. The maximum atomic E-state index is 5.82. The minimum atomic E-state index is -0.521. The summed E-state index contributed by atoms with van der Waals surface area (Å²) < 4.78 is 11.2. The molecule has 5 heteroatoms. The van der Waals surface area contributed by atoms with Gasteiger partial charge in [0.05, 0.1) is 6.61 Å². The van der Waals surface area contributed by atoms with Gasteiger partial charge < -0.3 is 9.47 Å². The Morgan fingerprint density at radius 3 is 2.19 bits per heavy atom. The molecule has 0 bridgehead atoms. The molecule has 0 spiro atoms. The fourth-order valence-corrected chi connectivity index (χ4v) is 2.03. The van der Waals surface area contributed by atoms with Crippen molar-refractivity contribution < 1.29 is 14.3 Å². The molecule has 1 aromatic rings. The maximum absolute atomic E-state index is 5.82. The van der Waals surface area contributed by atoms with Gasteiger partial charge in [-0.15, -0.1) is 0 Å². The highest BCUT2D eigenvalue weighted by Crippen LogP contribution is 2.41. The predicted molar refractivity (Wildman–Crippen MR) is 86.0 cm³/mol. The minimum absolute atomic E-state index is 0.521. The second kappa shape index (κ2) is 8.47. The zero-order chi connectivity index (χ0) is 15.9. The summed E-state index contributed by atoms with van der Waals surface area (Å²) in [6, 6.07) is 5.40. The van der Waals surface area contributed by atoms with E-state index in [2.05, 4.69) is 13.8 Å². The van der Waals surface area contributed by atoms with Gasteiger partial charge in [-0.3, -0.25) is 4.84 Å². The molecule has 0 amide bonds. The first-order chi connectivity index (χ1) is 9.97. The summed E-state index contributed by atoms with van der Waals surface area (Å²) in [5.74, 6) is 0.984. The van der Waals surface area contributed by atoms with Crippen LogP contribution in [0.4, 0.5) is 0 Å². The van der Waals surface area contributed by atoms with Crippen molar-refractivity contribution in [1.29, 1.82) is 0 Å². The fourth-order valence-electron chi connectivity index (χ4n) is 1.87. The highest BCUT2D eigenvalue weighted by atomic mass is 35.5. The summed E-state index contributed by atoms with van der Waals surface area (Å²) in [6.45, 7) is 12.8. The Hall–Kier alpha value is -0.970. The van der Waals surface area contributed by atoms with Crippen molar-refractivity contribution in [2.45, 2.75) is 46.8 Å². The Morgan fingerprint density at radius 1 is 1.10 bits per heavy atom.